The van der Waals surface area contributed by atoms with Crippen LogP contribution in [-0.2, 0) is 6.18 Å². The summed E-state index contributed by atoms with van der Waals surface area (Å²) in [4.78, 5) is 0. The summed E-state index contributed by atoms with van der Waals surface area (Å²) in [7, 11) is 0. The third-order valence-corrected chi connectivity index (χ3v) is 8.00. The van der Waals surface area contributed by atoms with Crippen molar-refractivity contribution in [1.29, 1.82) is 0 Å². The van der Waals surface area contributed by atoms with Crippen molar-refractivity contribution in [2.45, 2.75) is 89.6 Å². The Labute approximate surface area is 187 Å². The molecule has 2 aliphatic carbocycles. The molecule has 4 atom stereocenters. The number of unbranched alkanes of at least 4 members (excludes halogenated alkanes) is 3. The zero-order chi connectivity index (χ0) is 22.9. The van der Waals surface area contributed by atoms with Gasteiger partial charge in [-0.3, -0.25) is 0 Å². The van der Waals surface area contributed by atoms with Gasteiger partial charge < -0.3 is 0 Å². The van der Waals surface area contributed by atoms with Gasteiger partial charge in [0.1, 0.15) is 11.6 Å². The van der Waals surface area contributed by atoms with E-state index in [-0.39, 0.29) is 16.9 Å². The van der Waals surface area contributed by atoms with Crippen molar-refractivity contribution in [2.24, 2.45) is 17.8 Å². The fourth-order valence-corrected chi connectivity index (χ4v) is 6.38. The fraction of sp³-hybridized carbons (Fsp3) is 0.630. The van der Waals surface area contributed by atoms with Gasteiger partial charge in [-0.2, -0.15) is 13.2 Å². The highest BCUT2D eigenvalue weighted by atomic mass is 19.4. The van der Waals surface area contributed by atoms with E-state index in [9.17, 15) is 17.6 Å². The van der Waals surface area contributed by atoms with E-state index in [0.717, 1.165) is 31.2 Å². The van der Waals surface area contributed by atoms with Crippen molar-refractivity contribution < 1.29 is 22.0 Å². The summed E-state index contributed by atoms with van der Waals surface area (Å²) >= 11 is 0. The van der Waals surface area contributed by atoms with Gasteiger partial charge in [0.15, 0.2) is 0 Å². The maximum atomic E-state index is 15.0. The summed E-state index contributed by atoms with van der Waals surface area (Å²) < 4.78 is 71.0. The van der Waals surface area contributed by atoms with Gasteiger partial charge in [-0.15, -0.1) is 0 Å². The van der Waals surface area contributed by atoms with Gasteiger partial charge in [0, 0.05) is 0 Å². The van der Waals surface area contributed by atoms with Gasteiger partial charge in [-0.05, 0) is 78.9 Å². The van der Waals surface area contributed by atoms with Crippen LogP contribution in [-0.4, -0.2) is 0 Å². The molecule has 2 saturated carbocycles. The van der Waals surface area contributed by atoms with E-state index < -0.39 is 28.8 Å². The van der Waals surface area contributed by atoms with Crippen LogP contribution in [0.5, 0.6) is 0 Å². The second-order valence-electron chi connectivity index (χ2n) is 10.0. The van der Waals surface area contributed by atoms with E-state index in [1.807, 2.05) is 0 Å². The largest absolute Gasteiger partial charge is 0.419 e. The van der Waals surface area contributed by atoms with Crippen LogP contribution in [0.25, 0.3) is 10.8 Å². The molecule has 0 heterocycles. The van der Waals surface area contributed by atoms with E-state index in [4.69, 9.17) is 0 Å². The molecular formula is C27H33F5. The molecule has 2 fully saturated rings. The number of halogens is 5. The fourth-order valence-electron chi connectivity index (χ4n) is 6.38. The van der Waals surface area contributed by atoms with Gasteiger partial charge in [0.2, 0.25) is 0 Å². The van der Waals surface area contributed by atoms with Crippen LogP contribution in [0.3, 0.4) is 0 Å². The van der Waals surface area contributed by atoms with Gasteiger partial charge in [0.25, 0.3) is 0 Å². The normalized spacial score (nSPS) is 26.3. The zero-order valence-corrected chi connectivity index (χ0v) is 18.8. The van der Waals surface area contributed by atoms with Gasteiger partial charge in [-0.1, -0.05) is 57.6 Å². The average molecular weight is 453 g/mol. The molecule has 0 nitrogen and oxygen atoms in total. The van der Waals surface area contributed by atoms with Gasteiger partial charge >= 0.3 is 6.18 Å². The molecule has 4 rings (SSSR count). The first-order valence-corrected chi connectivity index (χ1v) is 12.3. The molecule has 176 valence electrons. The van der Waals surface area contributed by atoms with Crippen molar-refractivity contribution in [3.63, 3.8) is 0 Å². The van der Waals surface area contributed by atoms with Crippen LogP contribution < -0.4 is 0 Å². The molecule has 5 heteroatoms. The standard InChI is InChI=1S/C27H33F5/c1-2-3-4-5-7-17-10-11-19-15-20(13-12-18(19)14-17)22-16-21-8-6-9-23(28)24(21)26(29)25(22)27(30,31)32/h6,8-9,16-20H,2-5,7,10-15H2,1H3. The maximum absolute atomic E-state index is 15.0. The summed E-state index contributed by atoms with van der Waals surface area (Å²) in [6.07, 6.45) is 7.15. The van der Waals surface area contributed by atoms with Gasteiger partial charge in [0.05, 0.1) is 10.9 Å². The highest BCUT2D eigenvalue weighted by Gasteiger charge is 2.42. The maximum Gasteiger partial charge on any atom is 0.419 e. The third-order valence-electron chi connectivity index (χ3n) is 8.00. The Bertz CT molecular complexity index is 932. The minimum atomic E-state index is -4.84. The number of alkyl halides is 3. The van der Waals surface area contributed by atoms with Crippen LogP contribution in [0.4, 0.5) is 22.0 Å². The van der Waals surface area contributed by atoms with Crippen LogP contribution in [0, 0.1) is 29.4 Å². The smallest absolute Gasteiger partial charge is 0.206 e. The highest BCUT2D eigenvalue weighted by molar-refractivity contribution is 5.86. The van der Waals surface area contributed by atoms with Crippen LogP contribution in [0.15, 0.2) is 24.3 Å². The molecule has 4 unspecified atom stereocenters. The first kappa shape index (κ1) is 23.5. The first-order chi connectivity index (χ1) is 15.3. The lowest BCUT2D eigenvalue weighted by Crippen LogP contribution is -2.31. The monoisotopic (exact) mass is 452 g/mol. The molecule has 2 aromatic rings. The lowest BCUT2D eigenvalue weighted by atomic mass is 9.63. The summed E-state index contributed by atoms with van der Waals surface area (Å²) in [5, 5.41) is -0.343. The Balaban J connectivity index is 1.54. The number of hydrogen-bond donors (Lipinski definition) is 0. The Morgan fingerprint density at radius 3 is 2.41 bits per heavy atom. The Morgan fingerprint density at radius 2 is 1.66 bits per heavy atom. The second-order valence-corrected chi connectivity index (χ2v) is 10.0. The van der Waals surface area contributed by atoms with Crippen molar-refractivity contribution in [1.82, 2.24) is 0 Å². The van der Waals surface area contributed by atoms with Crippen molar-refractivity contribution >= 4 is 10.8 Å². The molecule has 0 N–H and O–H groups in total. The van der Waals surface area contributed by atoms with Gasteiger partial charge in [-0.25, -0.2) is 8.78 Å². The number of fused-ring (bicyclic) bond motifs is 2. The predicted octanol–water partition coefficient (Wildman–Crippen LogP) is 9.41. The van der Waals surface area contributed by atoms with Crippen LogP contribution >= 0.6 is 0 Å². The number of rotatable bonds is 6. The Morgan fingerprint density at radius 1 is 0.906 bits per heavy atom. The molecular weight excluding hydrogens is 419 g/mol. The van der Waals surface area contributed by atoms with E-state index in [1.54, 1.807) is 0 Å². The summed E-state index contributed by atoms with van der Waals surface area (Å²) in [6.45, 7) is 2.21. The minimum absolute atomic E-state index is 0.0215. The molecule has 0 aromatic heterocycles. The number of benzene rings is 2. The van der Waals surface area contributed by atoms with Crippen LogP contribution in [0.2, 0.25) is 0 Å². The van der Waals surface area contributed by atoms with Crippen molar-refractivity contribution in [2.75, 3.05) is 0 Å². The Kier molecular flexibility index (Phi) is 7.11. The van der Waals surface area contributed by atoms with E-state index in [1.165, 1.54) is 56.7 Å². The predicted molar refractivity (Wildman–Crippen MR) is 119 cm³/mol. The molecule has 32 heavy (non-hydrogen) atoms. The zero-order valence-electron chi connectivity index (χ0n) is 18.8. The Hall–Kier alpha value is -1.65. The second kappa shape index (κ2) is 9.69. The molecule has 2 aliphatic rings. The van der Waals surface area contributed by atoms with Crippen LogP contribution in [0.1, 0.15) is 94.6 Å². The molecule has 2 aromatic carbocycles. The highest BCUT2D eigenvalue weighted by Crippen LogP contribution is 2.51. The quantitative estimate of drug-likeness (QED) is 0.302. The average Bonchev–Trinajstić information content (AvgIpc) is 2.75. The number of hydrogen-bond acceptors (Lipinski definition) is 0. The topological polar surface area (TPSA) is 0 Å². The molecule has 0 spiro atoms. The van der Waals surface area contributed by atoms with Crippen molar-refractivity contribution in [3.05, 3.63) is 47.0 Å². The lowest BCUT2D eigenvalue weighted by molar-refractivity contribution is -0.140. The minimum Gasteiger partial charge on any atom is -0.206 e. The van der Waals surface area contributed by atoms with E-state index >= 15 is 4.39 Å². The molecule has 0 radical (unpaired) electrons. The lowest BCUT2D eigenvalue weighted by Gasteiger charge is -2.43. The summed E-state index contributed by atoms with van der Waals surface area (Å²) in [5.41, 5.74) is -1.24. The molecule has 0 amide bonds. The first-order valence-electron chi connectivity index (χ1n) is 12.3. The van der Waals surface area contributed by atoms with Crippen molar-refractivity contribution in [3.8, 4) is 0 Å². The molecule has 0 saturated heterocycles. The molecule has 0 aliphatic heterocycles. The summed E-state index contributed by atoms with van der Waals surface area (Å²) in [6, 6.07) is 5.33. The van der Waals surface area contributed by atoms with E-state index in [0.29, 0.717) is 24.7 Å². The summed E-state index contributed by atoms with van der Waals surface area (Å²) in [5.74, 6) is -0.993. The SMILES string of the molecule is CCCCCCC1CCC2CC(c3cc4cccc(F)c4c(F)c3C(F)(F)F)CCC2C1. The molecule has 0 bridgehead atoms. The van der Waals surface area contributed by atoms with E-state index in [2.05, 4.69) is 6.92 Å². The third kappa shape index (κ3) is 4.82.